The van der Waals surface area contributed by atoms with E-state index < -0.39 is 5.54 Å². The molecule has 2 aromatic rings. The van der Waals surface area contributed by atoms with Crippen molar-refractivity contribution in [2.24, 2.45) is 5.73 Å². The summed E-state index contributed by atoms with van der Waals surface area (Å²) in [6.45, 7) is 4.11. The molecule has 0 atom stereocenters. The van der Waals surface area contributed by atoms with Crippen LogP contribution in [0.5, 0.6) is 0 Å². The molecule has 1 aliphatic carbocycles. The van der Waals surface area contributed by atoms with Crippen LogP contribution in [0.3, 0.4) is 0 Å². The van der Waals surface area contributed by atoms with Crippen LogP contribution in [0, 0.1) is 0 Å². The van der Waals surface area contributed by atoms with Crippen LogP contribution in [0.25, 0.3) is 0 Å². The Morgan fingerprint density at radius 1 is 1.09 bits per heavy atom. The molecule has 1 fully saturated rings. The van der Waals surface area contributed by atoms with Gasteiger partial charge in [-0.15, -0.1) is 12.4 Å². The molecular weight excluding hydrogens is 304 g/mol. The molecule has 0 spiro atoms. The van der Waals surface area contributed by atoms with Crippen LogP contribution in [-0.4, -0.2) is 15.3 Å². The van der Waals surface area contributed by atoms with Crippen molar-refractivity contribution in [2.45, 2.75) is 64.3 Å². The standard InChI is InChI=1S/C15H22N4O2.ClH/c1-3-11-10(12(4-2)20-18-11)9-13-17-14(19-21-13)15(16)7-5-6-8-15;/h3-9,16H2,1-2H3;1H. The predicted molar refractivity (Wildman–Crippen MR) is 83.9 cm³/mol. The molecule has 0 aromatic carbocycles. The molecule has 0 saturated heterocycles. The van der Waals surface area contributed by atoms with Crippen molar-refractivity contribution in [3.63, 3.8) is 0 Å². The van der Waals surface area contributed by atoms with E-state index in [0.29, 0.717) is 18.1 Å². The highest BCUT2D eigenvalue weighted by atomic mass is 35.5. The number of aromatic nitrogens is 3. The number of aryl methyl sites for hydroxylation is 2. The molecule has 0 aliphatic heterocycles. The Morgan fingerprint density at radius 2 is 1.82 bits per heavy atom. The van der Waals surface area contributed by atoms with Gasteiger partial charge in [0.2, 0.25) is 5.89 Å². The zero-order chi connectivity index (χ0) is 14.9. The van der Waals surface area contributed by atoms with Crippen LogP contribution < -0.4 is 5.73 Å². The number of halogens is 1. The molecule has 122 valence electrons. The Bertz CT molecular complexity index is 595. The highest BCUT2D eigenvalue weighted by Crippen LogP contribution is 2.34. The summed E-state index contributed by atoms with van der Waals surface area (Å²) in [6.07, 6.45) is 6.33. The maximum Gasteiger partial charge on any atom is 0.231 e. The van der Waals surface area contributed by atoms with Crippen molar-refractivity contribution in [2.75, 3.05) is 0 Å². The minimum absolute atomic E-state index is 0. The zero-order valence-corrected chi connectivity index (χ0v) is 13.9. The minimum Gasteiger partial charge on any atom is -0.361 e. The molecule has 3 rings (SSSR count). The Balaban J connectivity index is 0.00000176. The first-order valence-corrected chi connectivity index (χ1v) is 7.74. The first-order chi connectivity index (χ1) is 10.2. The van der Waals surface area contributed by atoms with Crippen molar-refractivity contribution < 1.29 is 9.05 Å². The fraction of sp³-hybridized carbons (Fsp3) is 0.667. The number of nitrogens with two attached hydrogens (primary N) is 1. The summed E-state index contributed by atoms with van der Waals surface area (Å²) in [6, 6.07) is 0. The van der Waals surface area contributed by atoms with E-state index in [9.17, 15) is 0 Å². The second-order valence-electron chi connectivity index (χ2n) is 5.79. The van der Waals surface area contributed by atoms with Crippen LogP contribution in [0.15, 0.2) is 9.05 Å². The van der Waals surface area contributed by atoms with Gasteiger partial charge in [0.05, 0.1) is 17.7 Å². The molecule has 2 heterocycles. The molecular formula is C15H23ClN4O2. The first-order valence-electron chi connectivity index (χ1n) is 7.74. The van der Waals surface area contributed by atoms with E-state index in [1.807, 2.05) is 0 Å². The smallest absolute Gasteiger partial charge is 0.231 e. The summed E-state index contributed by atoms with van der Waals surface area (Å²) in [5, 5.41) is 8.21. The molecule has 7 heteroatoms. The van der Waals surface area contributed by atoms with Crippen LogP contribution >= 0.6 is 12.4 Å². The average Bonchev–Trinajstić information content (AvgIpc) is 3.19. The van der Waals surface area contributed by atoms with Gasteiger partial charge in [-0.3, -0.25) is 0 Å². The maximum absolute atomic E-state index is 6.36. The fourth-order valence-corrected chi connectivity index (χ4v) is 3.05. The fourth-order valence-electron chi connectivity index (χ4n) is 3.05. The average molecular weight is 327 g/mol. The van der Waals surface area contributed by atoms with Gasteiger partial charge < -0.3 is 14.8 Å². The van der Waals surface area contributed by atoms with Crippen molar-refractivity contribution in [1.29, 1.82) is 0 Å². The van der Waals surface area contributed by atoms with Gasteiger partial charge in [0.25, 0.3) is 0 Å². The quantitative estimate of drug-likeness (QED) is 0.908. The van der Waals surface area contributed by atoms with Gasteiger partial charge in [-0.25, -0.2) is 0 Å². The summed E-state index contributed by atoms with van der Waals surface area (Å²) >= 11 is 0. The van der Waals surface area contributed by atoms with E-state index in [-0.39, 0.29) is 12.4 Å². The van der Waals surface area contributed by atoms with E-state index in [0.717, 1.165) is 55.5 Å². The van der Waals surface area contributed by atoms with Crippen molar-refractivity contribution in [1.82, 2.24) is 15.3 Å². The van der Waals surface area contributed by atoms with Gasteiger partial charge in [0.15, 0.2) is 5.82 Å². The predicted octanol–water partition coefficient (Wildman–Crippen LogP) is 2.92. The zero-order valence-electron chi connectivity index (χ0n) is 13.1. The number of nitrogens with zero attached hydrogens (tertiary/aromatic N) is 3. The lowest BCUT2D eigenvalue weighted by atomic mass is 9.98. The summed E-state index contributed by atoms with van der Waals surface area (Å²) in [4.78, 5) is 4.52. The van der Waals surface area contributed by atoms with Crippen LogP contribution in [0.1, 0.15) is 68.3 Å². The lowest BCUT2D eigenvalue weighted by Gasteiger charge is -2.17. The molecule has 0 unspecified atom stereocenters. The molecule has 0 bridgehead atoms. The highest BCUT2D eigenvalue weighted by molar-refractivity contribution is 5.85. The summed E-state index contributed by atoms with van der Waals surface area (Å²) < 4.78 is 10.8. The Kier molecular flexibility index (Phi) is 5.24. The topological polar surface area (TPSA) is 91.0 Å². The maximum atomic E-state index is 6.36. The van der Waals surface area contributed by atoms with E-state index in [1.54, 1.807) is 0 Å². The molecule has 0 amide bonds. The van der Waals surface area contributed by atoms with Crippen LogP contribution in [0.2, 0.25) is 0 Å². The van der Waals surface area contributed by atoms with Crippen LogP contribution in [-0.2, 0) is 24.8 Å². The van der Waals surface area contributed by atoms with Crippen molar-refractivity contribution in [3.8, 4) is 0 Å². The second kappa shape index (κ2) is 6.79. The summed E-state index contributed by atoms with van der Waals surface area (Å²) in [5.74, 6) is 2.13. The Morgan fingerprint density at radius 3 is 2.45 bits per heavy atom. The minimum atomic E-state index is -0.405. The van der Waals surface area contributed by atoms with Gasteiger partial charge in [0, 0.05) is 12.0 Å². The normalized spacial score (nSPS) is 16.7. The van der Waals surface area contributed by atoms with E-state index >= 15 is 0 Å². The summed E-state index contributed by atoms with van der Waals surface area (Å²) in [7, 11) is 0. The molecule has 1 saturated carbocycles. The molecule has 2 aromatic heterocycles. The van der Waals surface area contributed by atoms with Gasteiger partial charge >= 0.3 is 0 Å². The SMILES string of the molecule is CCc1noc(CC)c1Cc1nc(C2(N)CCCC2)no1.Cl. The van der Waals surface area contributed by atoms with E-state index in [1.165, 1.54) is 0 Å². The lowest BCUT2D eigenvalue weighted by Crippen LogP contribution is -2.34. The highest BCUT2D eigenvalue weighted by Gasteiger charge is 2.36. The van der Waals surface area contributed by atoms with E-state index in [4.69, 9.17) is 14.8 Å². The monoisotopic (exact) mass is 326 g/mol. The lowest BCUT2D eigenvalue weighted by molar-refractivity contribution is 0.351. The van der Waals surface area contributed by atoms with Gasteiger partial charge in [-0.2, -0.15) is 4.98 Å². The molecule has 6 nitrogen and oxygen atoms in total. The molecule has 0 radical (unpaired) electrons. The number of hydrogen-bond donors (Lipinski definition) is 1. The number of rotatable bonds is 5. The van der Waals surface area contributed by atoms with Gasteiger partial charge in [-0.1, -0.05) is 37.0 Å². The number of hydrogen-bond acceptors (Lipinski definition) is 6. The van der Waals surface area contributed by atoms with Gasteiger partial charge in [0.1, 0.15) is 5.76 Å². The third-order valence-corrected chi connectivity index (χ3v) is 4.34. The molecule has 22 heavy (non-hydrogen) atoms. The first kappa shape index (κ1) is 17.0. The van der Waals surface area contributed by atoms with Crippen molar-refractivity contribution >= 4 is 12.4 Å². The third-order valence-electron chi connectivity index (χ3n) is 4.34. The van der Waals surface area contributed by atoms with Crippen molar-refractivity contribution in [3.05, 3.63) is 28.7 Å². The van der Waals surface area contributed by atoms with Crippen LogP contribution in [0.4, 0.5) is 0 Å². The largest absolute Gasteiger partial charge is 0.361 e. The second-order valence-corrected chi connectivity index (χ2v) is 5.79. The Hall–Kier alpha value is -1.40. The molecule has 2 N–H and O–H groups in total. The molecule has 1 aliphatic rings. The third kappa shape index (κ3) is 3.03. The Labute approximate surface area is 136 Å². The van der Waals surface area contributed by atoms with Gasteiger partial charge in [-0.05, 0) is 19.3 Å². The van der Waals surface area contributed by atoms with E-state index in [2.05, 4.69) is 29.1 Å². The summed E-state index contributed by atoms with van der Waals surface area (Å²) in [5.41, 5.74) is 8.00.